The van der Waals surface area contributed by atoms with Crippen LogP contribution in [0.3, 0.4) is 0 Å². The van der Waals surface area contributed by atoms with Gasteiger partial charge in [0.15, 0.2) is 0 Å². The van der Waals surface area contributed by atoms with Crippen LogP contribution in [0.15, 0.2) is 425 Å². The molecule has 0 atom stereocenters. The lowest BCUT2D eigenvalue weighted by Crippen LogP contribution is -1.85. The molecule has 0 saturated carbocycles. The molecular formula is C116H91N3. The van der Waals surface area contributed by atoms with Crippen LogP contribution in [-0.4, -0.2) is 15.0 Å². The van der Waals surface area contributed by atoms with Crippen LogP contribution in [0.2, 0.25) is 0 Å². The Morgan fingerprint density at radius 2 is 0.487 bits per heavy atom. The van der Waals surface area contributed by atoms with Gasteiger partial charge in [0.05, 0.1) is 5.69 Å². The van der Waals surface area contributed by atoms with Crippen molar-refractivity contribution in [2.24, 2.45) is 0 Å². The molecule has 3 aromatic heterocycles. The minimum absolute atomic E-state index is 1.03. The monoisotopic (exact) mass is 1530 g/mol. The predicted molar refractivity (Wildman–Crippen MR) is 514 cm³/mol. The summed E-state index contributed by atoms with van der Waals surface area (Å²) in [4.78, 5) is 12.6. The van der Waals surface area contributed by atoms with Crippen molar-refractivity contribution < 1.29 is 0 Å². The van der Waals surface area contributed by atoms with E-state index in [0.717, 1.165) is 5.69 Å². The molecule has 3 heteroatoms. The van der Waals surface area contributed by atoms with Gasteiger partial charge in [0.1, 0.15) is 0 Å². The molecule has 0 amide bonds. The first-order valence-corrected chi connectivity index (χ1v) is 41.0. The standard InChI is InChI=1S/2C17H12.2C17H14.3C16H13N/c1-11-10-14-6-2-4-12-8-9-13-5-3-7-15(11)17(13)16(12)14;1-11-5-6-14-8-7-12-3-2-4-13-9-10-15(11)17(14)16(12)13;1-13-6-5-9-16-12-15(10-11-17(13)16)14-7-3-2-4-8-14;1-13-11-16(14-7-3-2-4-8-14)12-15-9-5-6-10-17(13)15;1-12-10-14(16-8-4-5-9-17-16)11-13-6-2-3-7-15(12)13;1-12-9-15(14-6-4-8-17-11-14)10-13-5-2-3-7-16(12)13;1-12-10-15(13-6-8-17-9-7-13)11-14-4-2-3-5-16(12)14/h2*2-10H,1H3;2*2-12H,1H3;3*2-11H,1H3. The first-order chi connectivity index (χ1) is 58.4. The van der Waals surface area contributed by atoms with Crippen LogP contribution in [-0.2, 0) is 0 Å². The summed E-state index contributed by atoms with van der Waals surface area (Å²) >= 11 is 0. The third-order valence-corrected chi connectivity index (χ3v) is 23.0. The highest BCUT2D eigenvalue weighted by molar-refractivity contribution is 6.25. The van der Waals surface area contributed by atoms with Gasteiger partial charge >= 0.3 is 0 Å². The molecule has 0 radical (unpaired) electrons. The van der Waals surface area contributed by atoms with Crippen molar-refractivity contribution >= 4 is 118 Å². The number of hydrogen-bond acceptors (Lipinski definition) is 3. The van der Waals surface area contributed by atoms with Crippen molar-refractivity contribution in [3.05, 3.63) is 464 Å². The number of benzene rings is 20. The van der Waals surface area contributed by atoms with E-state index >= 15 is 0 Å². The zero-order chi connectivity index (χ0) is 81.1. The Morgan fingerprint density at radius 1 is 0.151 bits per heavy atom. The highest BCUT2D eigenvalue weighted by Gasteiger charge is 2.13. The Morgan fingerprint density at radius 3 is 1.01 bits per heavy atom. The number of pyridine rings is 3. The van der Waals surface area contributed by atoms with Crippen LogP contribution in [0.25, 0.3) is 174 Å². The molecule has 570 valence electrons. The molecule has 20 aromatic carbocycles. The fourth-order valence-corrected chi connectivity index (χ4v) is 17.0. The van der Waals surface area contributed by atoms with Crippen molar-refractivity contribution in [2.75, 3.05) is 0 Å². The number of rotatable bonds is 5. The molecule has 0 aliphatic rings. The van der Waals surface area contributed by atoms with Crippen LogP contribution >= 0.6 is 0 Å². The number of fused-ring (bicyclic) bond motifs is 5. The molecule has 3 heterocycles. The van der Waals surface area contributed by atoms with Gasteiger partial charge in [-0.1, -0.05) is 328 Å². The van der Waals surface area contributed by atoms with E-state index in [-0.39, 0.29) is 0 Å². The smallest absolute Gasteiger partial charge is 0.0702 e. The maximum atomic E-state index is 4.40. The third-order valence-electron chi connectivity index (χ3n) is 23.0. The van der Waals surface area contributed by atoms with Gasteiger partial charge < -0.3 is 0 Å². The zero-order valence-electron chi connectivity index (χ0n) is 68.3. The number of nitrogens with zero attached hydrogens (tertiary/aromatic N) is 3. The number of hydrogen-bond donors (Lipinski definition) is 0. The van der Waals surface area contributed by atoms with Gasteiger partial charge in [0.2, 0.25) is 0 Å². The molecule has 0 fully saturated rings. The van der Waals surface area contributed by atoms with E-state index in [9.17, 15) is 0 Å². The number of aromatic nitrogens is 3. The van der Waals surface area contributed by atoms with Crippen LogP contribution in [0, 0.1) is 48.5 Å². The molecule has 0 spiro atoms. The second-order valence-electron chi connectivity index (χ2n) is 31.0. The van der Waals surface area contributed by atoms with Crippen LogP contribution in [0.5, 0.6) is 0 Å². The van der Waals surface area contributed by atoms with E-state index in [0.29, 0.717) is 0 Å². The van der Waals surface area contributed by atoms with Crippen molar-refractivity contribution in [3.8, 4) is 55.8 Å². The van der Waals surface area contributed by atoms with E-state index < -0.39 is 0 Å². The Labute approximate surface area is 697 Å². The van der Waals surface area contributed by atoms with Gasteiger partial charge in [-0.2, -0.15) is 0 Å². The molecule has 23 rings (SSSR count). The summed E-state index contributed by atoms with van der Waals surface area (Å²) < 4.78 is 0. The van der Waals surface area contributed by atoms with Crippen molar-refractivity contribution in [2.45, 2.75) is 48.5 Å². The minimum Gasteiger partial charge on any atom is -0.265 e. The third kappa shape index (κ3) is 16.9. The fraction of sp³-hybridized carbons (Fsp3) is 0.0603. The largest absolute Gasteiger partial charge is 0.265 e. The summed E-state index contributed by atoms with van der Waals surface area (Å²) in [5.74, 6) is 0. The average molecular weight is 1530 g/mol. The van der Waals surface area contributed by atoms with Crippen LogP contribution in [0.4, 0.5) is 0 Å². The quantitative estimate of drug-likeness (QED) is 0.161. The molecule has 0 aliphatic heterocycles. The van der Waals surface area contributed by atoms with Crippen LogP contribution < -0.4 is 0 Å². The van der Waals surface area contributed by atoms with E-state index in [1.807, 2.05) is 61.2 Å². The normalized spacial score (nSPS) is 11.0. The van der Waals surface area contributed by atoms with Gasteiger partial charge in [-0.3, -0.25) is 15.0 Å². The molecule has 23 aromatic rings. The molecular weight excluding hydrogens is 1440 g/mol. The van der Waals surface area contributed by atoms with Crippen molar-refractivity contribution in [3.63, 3.8) is 0 Å². The average Bonchev–Trinajstić information content (AvgIpc) is 0.746. The molecule has 0 unspecified atom stereocenters. The SMILES string of the molecule is Cc1cc(-c2ccccc2)cc2ccccc12.Cc1cc(-c2ccccn2)cc2ccccc12.Cc1cc(-c2cccnc2)cc2ccccc12.Cc1cc(-c2ccncc2)cc2ccccc12.Cc1cc2cccc3ccc4cccc1c4c32.Cc1ccc2ccc3cccc4ccc1c2c34.Cc1cccc2cc(-c3ccccc3)ccc12. The second kappa shape index (κ2) is 35.1. The summed E-state index contributed by atoms with van der Waals surface area (Å²) in [5, 5.41) is 29.6. The van der Waals surface area contributed by atoms with E-state index in [2.05, 4.69) is 421 Å². The summed E-state index contributed by atoms with van der Waals surface area (Å²) in [6, 6.07) is 140. The lowest BCUT2D eigenvalue weighted by Gasteiger charge is -2.12. The first-order valence-electron chi connectivity index (χ1n) is 41.0. The predicted octanol–water partition coefficient (Wildman–Crippen LogP) is 32.0. The van der Waals surface area contributed by atoms with Crippen molar-refractivity contribution in [1.82, 2.24) is 15.0 Å². The molecule has 0 aliphatic carbocycles. The Balaban J connectivity index is 0.0000000993. The Kier molecular flexibility index (Phi) is 22.7. The van der Waals surface area contributed by atoms with Gasteiger partial charge in [-0.15, -0.1) is 0 Å². The highest BCUT2D eigenvalue weighted by atomic mass is 14.7. The summed E-state index contributed by atoms with van der Waals surface area (Å²) in [7, 11) is 0. The molecule has 0 N–H and O–H groups in total. The molecule has 119 heavy (non-hydrogen) atoms. The van der Waals surface area contributed by atoms with Gasteiger partial charge in [-0.25, -0.2) is 0 Å². The van der Waals surface area contributed by atoms with Crippen molar-refractivity contribution in [1.29, 1.82) is 0 Å². The summed E-state index contributed by atoms with van der Waals surface area (Å²) in [6.45, 7) is 15.2. The fourth-order valence-electron chi connectivity index (χ4n) is 17.0. The summed E-state index contributed by atoms with van der Waals surface area (Å²) in [6.07, 6.45) is 9.21. The molecule has 3 nitrogen and oxygen atoms in total. The lowest BCUT2D eigenvalue weighted by atomic mass is 9.92. The van der Waals surface area contributed by atoms with Crippen LogP contribution in [0.1, 0.15) is 38.9 Å². The van der Waals surface area contributed by atoms with E-state index in [1.54, 1.807) is 6.20 Å². The highest BCUT2D eigenvalue weighted by Crippen LogP contribution is 2.39. The minimum atomic E-state index is 1.03. The van der Waals surface area contributed by atoms with E-state index in [4.69, 9.17) is 0 Å². The van der Waals surface area contributed by atoms with E-state index in [1.165, 1.54) is 208 Å². The topological polar surface area (TPSA) is 38.7 Å². The maximum Gasteiger partial charge on any atom is 0.0702 e. The zero-order valence-corrected chi connectivity index (χ0v) is 68.3. The van der Waals surface area contributed by atoms with Gasteiger partial charge in [0, 0.05) is 42.1 Å². The lowest BCUT2D eigenvalue weighted by molar-refractivity contribution is 1.32. The molecule has 0 saturated heterocycles. The Hall–Kier alpha value is -14.8. The van der Waals surface area contributed by atoms with Gasteiger partial charge in [0.25, 0.3) is 0 Å². The second-order valence-corrected chi connectivity index (χ2v) is 31.0. The summed E-state index contributed by atoms with van der Waals surface area (Å²) in [5.41, 5.74) is 21.5. The molecule has 0 bridgehead atoms. The Bertz CT molecular complexity index is 6890. The van der Waals surface area contributed by atoms with Gasteiger partial charge in [-0.05, 0) is 312 Å². The maximum absolute atomic E-state index is 4.40. The number of aryl methyl sites for hydroxylation is 7. The first kappa shape index (κ1) is 76.8.